The average molecular weight is 266 g/mol. The second-order valence-electron chi connectivity index (χ2n) is 5.17. The van der Waals surface area contributed by atoms with E-state index in [9.17, 15) is 9.90 Å². The van der Waals surface area contributed by atoms with E-state index in [1.54, 1.807) is 33.1 Å². The van der Waals surface area contributed by atoms with Crippen LogP contribution in [0.3, 0.4) is 0 Å². The van der Waals surface area contributed by atoms with Crippen molar-refractivity contribution in [3.63, 3.8) is 0 Å². The number of hydrogen-bond acceptors (Lipinski definition) is 4. The zero-order chi connectivity index (χ0) is 14.5. The number of rotatable bonds is 7. The Kier molecular flexibility index (Phi) is 5.32. The minimum absolute atomic E-state index is 0.362. The quantitative estimate of drug-likeness (QED) is 0.682. The molecule has 1 atom stereocenters. The predicted octanol–water partition coefficient (Wildman–Crippen LogP) is 0.830. The van der Waals surface area contributed by atoms with Crippen LogP contribution in [0.5, 0.6) is 5.75 Å². The van der Waals surface area contributed by atoms with E-state index in [0.717, 1.165) is 11.3 Å². The fraction of sp³-hybridized carbons (Fsp3) is 0.500. The Labute approximate surface area is 113 Å². The average Bonchev–Trinajstić information content (AvgIpc) is 2.38. The molecule has 0 aliphatic rings. The second kappa shape index (κ2) is 6.54. The van der Waals surface area contributed by atoms with Crippen molar-refractivity contribution in [2.45, 2.75) is 20.0 Å². The molecule has 0 aromatic heterocycles. The van der Waals surface area contributed by atoms with Gasteiger partial charge in [-0.15, -0.1) is 0 Å². The van der Waals surface area contributed by atoms with Crippen molar-refractivity contribution < 1.29 is 14.6 Å². The number of aliphatic hydroxyl groups is 1. The topological polar surface area (TPSA) is 84.6 Å². The van der Waals surface area contributed by atoms with Crippen LogP contribution in [0.15, 0.2) is 24.3 Å². The maximum atomic E-state index is 11.1. The fourth-order valence-corrected chi connectivity index (χ4v) is 1.55. The first-order valence-corrected chi connectivity index (χ1v) is 6.19. The highest BCUT2D eigenvalue weighted by Gasteiger charge is 2.24. The third kappa shape index (κ3) is 4.54. The lowest BCUT2D eigenvalue weighted by molar-refractivity contribution is -0.125. The summed E-state index contributed by atoms with van der Waals surface area (Å²) in [5, 5.41) is 13.1. The van der Waals surface area contributed by atoms with Crippen molar-refractivity contribution in [1.29, 1.82) is 0 Å². The Balaban J connectivity index is 2.46. The maximum Gasteiger partial charge on any atom is 0.224 e. The molecule has 1 amide bonds. The van der Waals surface area contributed by atoms with Gasteiger partial charge >= 0.3 is 0 Å². The molecular weight excluding hydrogens is 244 g/mol. The minimum atomic E-state index is -0.630. The van der Waals surface area contributed by atoms with Gasteiger partial charge in [0, 0.05) is 13.1 Å². The van der Waals surface area contributed by atoms with Gasteiger partial charge in [0.1, 0.15) is 5.75 Å². The highest BCUT2D eigenvalue weighted by molar-refractivity contribution is 5.80. The Hall–Kier alpha value is -1.59. The number of hydrogen-bond donors (Lipinski definition) is 3. The Morgan fingerprint density at radius 1 is 1.42 bits per heavy atom. The highest BCUT2D eigenvalue weighted by Crippen LogP contribution is 2.17. The van der Waals surface area contributed by atoms with Gasteiger partial charge in [-0.2, -0.15) is 0 Å². The zero-order valence-electron chi connectivity index (χ0n) is 11.6. The molecule has 1 aromatic carbocycles. The number of nitrogens with two attached hydrogens (primary N) is 1. The van der Waals surface area contributed by atoms with E-state index in [1.807, 2.05) is 12.1 Å². The molecule has 0 heterocycles. The summed E-state index contributed by atoms with van der Waals surface area (Å²) in [6, 6.07) is 7.21. The van der Waals surface area contributed by atoms with Crippen LogP contribution < -0.4 is 15.8 Å². The molecule has 0 aliphatic carbocycles. The van der Waals surface area contributed by atoms with Gasteiger partial charge < -0.3 is 20.9 Å². The maximum absolute atomic E-state index is 11.1. The van der Waals surface area contributed by atoms with Crippen molar-refractivity contribution in [3.8, 4) is 5.75 Å². The summed E-state index contributed by atoms with van der Waals surface area (Å²) < 4.78 is 5.05. The molecule has 4 N–H and O–H groups in total. The van der Waals surface area contributed by atoms with Crippen LogP contribution in [0, 0.1) is 5.41 Å². The Morgan fingerprint density at radius 2 is 2.00 bits per heavy atom. The van der Waals surface area contributed by atoms with E-state index in [-0.39, 0.29) is 5.91 Å². The van der Waals surface area contributed by atoms with Crippen molar-refractivity contribution >= 4 is 5.91 Å². The normalized spacial score (nSPS) is 13.1. The number of aliphatic hydroxyl groups excluding tert-OH is 1. The van der Waals surface area contributed by atoms with E-state index in [2.05, 4.69) is 5.32 Å². The monoisotopic (exact) mass is 266 g/mol. The second-order valence-corrected chi connectivity index (χ2v) is 5.17. The number of carbonyl (C=O) groups is 1. The van der Waals surface area contributed by atoms with Crippen LogP contribution in [-0.4, -0.2) is 31.2 Å². The number of ether oxygens (including phenoxy) is 1. The molecule has 0 spiro atoms. The minimum Gasteiger partial charge on any atom is -0.497 e. The van der Waals surface area contributed by atoms with Crippen molar-refractivity contribution in [3.05, 3.63) is 29.8 Å². The van der Waals surface area contributed by atoms with Gasteiger partial charge in [0.05, 0.1) is 18.6 Å². The Bertz CT molecular complexity index is 415. The summed E-state index contributed by atoms with van der Waals surface area (Å²) in [5.41, 5.74) is 5.45. The van der Waals surface area contributed by atoms with Crippen LogP contribution >= 0.6 is 0 Å². The third-order valence-corrected chi connectivity index (χ3v) is 3.07. The number of benzene rings is 1. The van der Waals surface area contributed by atoms with E-state index in [1.165, 1.54) is 0 Å². The number of methoxy groups -OCH3 is 1. The molecule has 19 heavy (non-hydrogen) atoms. The third-order valence-electron chi connectivity index (χ3n) is 3.07. The van der Waals surface area contributed by atoms with Crippen molar-refractivity contribution in [1.82, 2.24) is 5.32 Å². The van der Waals surface area contributed by atoms with Crippen molar-refractivity contribution in [2.75, 3.05) is 20.2 Å². The number of primary amides is 1. The first kappa shape index (κ1) is 15.5. The lowest BCUT2D eigenvalue weighted by Crippen LogP contribution is -2.41. The van der Waals surface area contributed by atoms with Crippen LogP contribution in [0.4, 0.5) is 0 Å². The van der Waals surface area contributed by atoms with Crippen molar-refractivity contribution in [2.24, 2.45) is 11.1 Å². The van der Waals surface area contributed by atoms with Gasteiger partial charge in [-0.1, -0.05) is 12.1 Å². The molecule has 1 aromatic rings. The highest BCUT2D eigenvalue weighted by atomic mass is 16.5. The van der Waals surface area contributed by atoms with Gasteiger partial charge in [-0.25, -0.2) is 0 Å². The molecule has 5 nitrogen and oxygen atoms in total. The fourth-order valence-electron chi connectivity index (χ4n) is 1.55. The molecule has 0 fully saturated rings. The predicted molar refractivity (Wildman–Crippen MR) is 73.8 cm³/mol. The van der Waals surface area contributed by atoms with Crippen LogP contribution in [0.1, 0.15) is 25.5 Å². The van der Waals surface area contributed by atoms with Gasteiger partial charge in [0.15, 0.2) is 0 Å². The molecule has 0 saturated carbocycles. The van der Waals surface area contributed by atoms with E-state index in [0.29, 0.717) is 13.1 Å². The zero-order valence-corrected chi connectivity index (χ0v) is 11.6. The SMILES string of the molecule is COc1ccc(C(O)CNCC(C)(C)C(N)=O)cc1. The molecule has 0 bridgehead atoms. The standard InChI is InChI=1S/C14H22N2O3/c1-14(2,13(15)18)9-16-8-12(17)10-4-6-11(19-3)7-5-10/h4-7,12,16-17H,8-9H2,1-3H3,(H2,15,18). The number of amides is 1. The molecule has 1 unspecified atom stereocenters. The van der Waals surface area contributed by atoms with Crippen LogP contribution in [-0.2, 0) is 4.79 Å². The van der Waals surface area contributed by atoms with Gasteiger partial charge in [-0.05, 0) is 31.5 Å². The number of nitrogens with one attached hydrogen (secondary N) is 1. The van der Waals surface area contributed by atoms with Gasteiger partial charge in [0.2, 0.25) is 5.91 Å². The summed E-state index contributed by atoms with van der Waals surface area (Å²) in [4.78, 5) is 11.1. The summed E-state index contributed by atoms with van der Waals surface area (Å²) in [5.74, 6) is 0.387. The summed E-state index contributed by atoms with van der Waals surface area (Å²) >= 11 is 0. The summed E-state index contributed by atoms with van der Waals surface area (Å²) in [6.07, 6.45) is -0.630. The van der Waals surface area contributed by atoms with Gasteiger partial charge in [0.25, 0.3) is 0 Å². The number of carbonyl (C=O) groups excluding carboxylic acids is 1. The molecule has 0 aliphatic heterocycles. The molecule has 1 rings (SSSR count). The van der Waals surface area contributed by atoms with Crippen LogP contribution in [0.2, 0.25) is 0 Å². The molecule has 0 saturated heterocycles. The summed E-state index contributed by atoms with van der Waals surface area (Å²) in [6.45, 7) is 4.32. The first-order valence-electron chi connectivity index (χ1n) is 6.19. The largest absolute Gasteiger partial charge is 0.497 e. The lowest BCUT2D eigenvalue weighted by atomic mass is 9.92. The van der Waals surface area contributed by atoms with Gasteiger partial charge in [-0.3, -0.25) is 4.79 Å². The summed E-state index contributed by atoms with van der Waals surface area (Å²) in [7, 11) is 1.60. The van der Waals surface area contributed by atoms with E-state index >= 15 is 0 Å². The molecular formula is C14H22N2O3. The Morgan fingerprint density at radius 3 is 2.47 bits per heavy atom. The van der Waals surface area contributed by atoms with E-state index in [4.69, 9.17) is 10.5 Å². The van der Waals surface area contributed by atoms with Crippen LogP contribution in [0.25, 0.3) is 0 Å². The molecule has 5 heteroatoms. The smallest absolute Gasteiger partial charge is 0.224 e. The van der Waals surface area contributed by atoms with E-state index < -0.39 is 11.5 Å². The molecule has 0 radical (unpaired) electrons. The molecule has 106 valence electrons. The first-order chi connectivity index (χ1) is 8.86. The lowest BCUT2D eigenvalue weighted by Gasteiger charge is -2.22.